The van der Waals surface area contributed by atoms with Gasteiger partial charge in [-0.15, -0.1) is 0 Å². The lowest BCUT2D eigenvalue weighted by molar-refractivity contribution is 0.0374. The van der Waals surface area contributed by atoms with Crippen molar-refractivity contribution in [3.05, 3.63) is 34.2 Å². The lowest BCUT2D eigenvalue weighted by atomic mass is 10.2. The van der Waals surface area contributed by atoms with Crippen molar-refractivity contribution in [3.8, 4) is 0 Å². The number of aromatic nitrogens is 1. The molecule has 1 aromatic rings. The van der Waals surface area contributed by atoms with Crippen LogP contribution in [0.4, 0.5) is 0 Å². The third-order valence-electron chi connectivity index (χ3n) is 3.10. The number of aromatic amines is 1. The maximum atomic E-state index is 11.1. The highest BCUT2D eigenvalue weighted by atomic mass is 16.5. The van der Waals surface area contributed by atoms with Crippen LogP contribution in [-0.2, 0) is 11.3 Å². The normalized spacial score (nSPS) is 16.9. The molecule has 2 heterocycles. The van der Waals surface area contributed by atoms with Crippen molar-refractivity contribution in [3.63, 3.8) is 0 Å². The summed E-state index contributed by atoms with van der Waals surface area (Å²) >= 11 is 0. The molecule has 18 heavy (non-hydrogen) atoms. The van der Waals surface area contributed by atoms with Crippen LogP contribution in [0, 0.1) is 0 Å². The molecule has 0 radical (unpaired) electrons. The Hall–Kier alpha value is -1.17. The van der Waals surface area contributed by atoms with Crippen molar-refractivity contribution in [1.29, 1.82) is 0 Å². The van der Waals surface area contributed by atoms with Gasteiger partial charge in [-0.1, -0.05) is 0 Å². The van der Waals surface area contributed by atoms with E-state index in [1.165, 1.54) is 0 Å². The molecule has 0 atom stereocenters. The first-order chi connectivity index (χ1) is 8.84. The predicted octanol–water partition coefficient (Wildman–Crippen LogP) is 0.187. The van der Waals surface area contributed by atoms with E-state index < -0.39 is 0 Å². The minimum absolute atomic E-state index is 0.0392. The van der Waals surface area contributed by atoms with Gasteiger partial charge in [0.2, 0.25) is 5.56 Å². The number of rotatable bonds is 6. The standard InChI is InChI=1S/C13H21N3O2/c17-13-10-12(2-4-15-13)11-14-3-1-5-16-6-8-18-9-7-16/h2,4,10,14H,1,3,5-9,11H2,(H,15,17). The minimum atomic E-state index is -0.0392. The summed E-state index contributed by atoms with van der Waals surface area (Å²) in [5, 5.41) is 3.36. The number of hydrogen-bond donors (Lipinski definition) is 2. The van der Waals surface area contributed by atoms with Gasteiger partial charge in [0.25, 0.3) is 0 Å². The van der Waals surface area contributed by atoms with Gasteiger partial charge < -0.3 is 15.0 Å². The van der Waals surface area contributed by atoms with Crippen LogP contribution in [0.15, 0.2) is 23.1 Å². The SMILES string of the molecule is O=c1cc(CNCCCN2CCOCC2)cc[nH]1. The van der Waals surface area contributed by atoms with Crippen molar-refractivity contribution in [1.82, 2.24) is 15.2 Å². The molecule has 0 aromatic carbocycles. The number of H-pyrrole nitrogens is 1. The first-order valence-electron chi connectivity index (χ1n) is 6.53. The molecule has 100 valence electrons. The molecule has 0 bridgehead atoms. The summed E-state index contributed by atoms with van der Waals surface area (Å²) in [5.74, 6) is 0. The number of ether oxygens (including phenoxy) is 1. The monoisotopic (exact) mass is 251 g/mol. The Bertz CT molecular complexity index is 399. The Labute approximate surface area is 107 Å². The van der Waals surface area contributed by atoms with Crippen LogP contribution >= 0.6 is 0 Å². The van der Waals surface area contributed by atoms with Crippen LogP contribution in [0.1, 0.15) is 12.0 Å². The lowest BCUT2D eigenvalue weighted by Gasteiger charge is -2.26. The molecule has 0 saturated carbocycles. The molecule has 1 aliphatic heterocycles. The molecule has 1 fully saturated rings. The number of morpholine rings is 1. The van der Waals surface area contributed by atoms with E-state index in [2.05, 4.69) is 15.2 Å². The Balaban J connectivity index is 1.57. The third-order valence-corrected chi connectivity index (χ3v) is 3.10. The minimum Gasteiger partial charge on any atom is -0.379 e. The summed E-state index contributed by atoms with van der Waals surface area (Å²) < 4.78 is 5.31. The van der Waals surface area contributed by atoms with Gasteiger partial charge in [-0.3, -0.25) is 9.69 Å². The molecule has 0 amide bonds. The smallest absolute Gasteiger partial charge is 0.248 e. The van der Waals surface area contributed by atoms with Gasteiger partial charge in [-0.05, 0) is 31.1 Å². The zero-order chi connectivity index (χ0) is 12.6. The largest absolute Gasteiger partial charge is 0.379 e. The third kappa shape index (κ3) is 4.60. The van der Waals surface area contributed by atoms with Crippen molar-refractivity contribution >= 4 is 0 Å². The highest BCUT2D eigenvalue weighted by molar-refractivity contribution is 5.09. The molecular formula is C13H21N3O2. The Morgan fingerprint density at radius 2 is 2.22 bits per heavy atom. The average molecular weight is 251 g/mol. The topological polar surface area (TPSA) is 57.4 Å². The van der Waals surface area contributed by atoms with E-state index in [4.69, 9.17) is 4.74 Å². The Morgan fingerprint density at radius 1 is 1.39 bits per heavy atom. The van der Waals surface area contributed by atoms with E-state index in [9.17, 15) is 4.79 Å². The van der Waals surface area contributed by atoms with Crippen LogP contribution in [0.25, 0.3) is 0 Å². The number of nitrogens with one attached hydrogen (secondary N) is 2. The fourth-order valence-electron chi connectivity index (χ4n) is 2.08. The quantitative estimate of drug-likeness (QED) is 0.709. The molecular weight excluding hydrogens is 230 g/mol. The molecule has 2 N–H and O–H groups in total. The molecule has 0 unspecified atom stereocenters. The van der Waals surface area contributed by atoms with Crippen LogP contribution in [0.2, 0.25) is 0 Å². The first-order valence-corrected chi connectivity index (χ1v) is 6.53. The van der Waals surface area contributed by atoms with Crippen molar-refractivity contribution in [2.45, 2.75) is 13.0 Å². The van der Waals surface area contributed by atoms with Crippen molar-refractivity contribution < 1.29 is 4.74 Å². The molecule has 0 aliphatic carbocycles. The average Bonchev–Trinajstić information content (AvgIpc) is 2.40. The summed E-state index contributed by atoms with van der Waals surface area (Å²) in [6.07, 6.45) is 2.82. The van der Waals surface area contributed by atoms with Gasteiger partial charge in [0.1, 0.15) is 0 Å². The molecule has 5 nitrogen and oxygen atoms in total. The first kappa shape index (κ1) is 13.3. The fourth-order valence-corrected chi connectivity index (χ4v) is 2.08. The molecule has 2 rings (SSSR count). The van der Waals surface area contributed by atoms with Gasteiger partial charge in [0, 0.05) is 31.9 Å². The van der Waals surface area contributed by atoms with Crippen molar-refractivity contribution in [2.24, 2.45) is 0 Å². The zero-order valence-corrected chi connectivity index (χ0v) is 10.7. The fraction of sp³-hybridized carbons (Fsp3) is 0.615. The van der Waals surface area contributed by atoms with Crippen LogP contribution in [0.3, 0.4) is 0 Å². The Kier molecular flexibility index (Phi) is 5.38. The molecule has 1 saturated heterocycles. The highest BCUT2D eigenvalue weighted by Crippen LogP contribution is 1.97. The van der Waals surface area contributed by atoms with E-state index in [1.807, 2.05) is 6.07 Å². The maximum Gasteiger partial charge on any atom is 0.248 e. The molecule has 1 aromatic heterocycles. The highest BCUT2D eigenvalue weighted by Gasteiger charge is 2.08. The van der Waals surface area contributed by atoms with E-state index in [-0.39, 0.29) is 5.56 Å². The van der Waals surface area contributed by atoms with Gasteiger partial charge >= 0.3 is 0 Å². The molecule has 5 heteroatoms. The number of hydrogen-bond acceptors (Lipinski definition) is 4. The van der Waals surface area contributed by atoms with Crippen molar-refractivity contribution in [2.75, 3.05) is 39.4 Å². The van der Waals surface area contributed by atoms with Gasteiger partial charge in [0.15, 0.2) is 0 Å². The summed E-state index contributed by atoms with van der Waals surface area (Å²) in [7, 11) is 0. The zero-order valence-electron chi connectivity index (χ0n) is 10.7. The summed E-state index contributed by atoms with van der Waals surface area (Å²) in [5.41, 5.74) is 0.993. The van der Waals surface area contributed by atoms with E-state index in [0.29, 0.717) is 0 Å². The van der Waals surface area contributed by atoms with Gasteiger partial charge in [-0.2, -0.15) is 0 Å². The summed E-state index contributed by atoms with van der Waals surface area (Å²) in [4.78, 5) is 16.1. The second-order valence-electron chi connectivity index (χ2n) is 4.55. The van der Waals surface area contributed by atoms with E-state index >= 15 is 0 Å². The Morgan fingerprint density at radius 3 is 3.00 bits per heavy atom. The van der Waals surface area contributed by atoms with Crippen LogP contribution in [-0.4, -0.2) is 49.3 Å². The molecule has 1 aliphatic rings. The second-order valence-corrected chi connectivity index (χ2v) is 4.55. The second kappa shape index (κ2) is 7.31. The predicted molar refractivity (Wildman–Crippen MR) is 70.6 cm³/mol. The maximum absolute atomic E-state index is 11.1. The summed E-state index contributed by atoms with van der Waals surface area (Å²) in [6.45, 7) is 6.67. The van der Waals surface area contributed by atoms with E-state index in [0.717, 1.165) is 57.9 Å². The molecule has 0 spiro atoms. The van der Waals surface area contributed by atoms with Crippen LogP contribution in [0.5, 0.6) is 0 Å². The summed E-state index contributed by atoms with van der Waals surface area (Å²) in [6, 6.07) is 3.56. The number of pyridine rings is 1. The van der Waals surface area contributed by atoms with Gasteiger partial charge in [0.05, 0.1) is 13.2 Å². The lowest BCUT2D eigenvalue weighted by Crippen LogP contribution is -2.37. The van der Waals surface area contributed by atoms with E-state index in [1.54, 1.807) is 12.3 Å². The number of nitrogens with zero attached hydrogens (tertiary/aromatic N) is 1. The van der Waals surface area contributed by atoms with Crippen LogP contribution < -0.4 is 10.9 Å². The van der Waals surface area contributed by atoms with Gasteiger partial charge in [-0.25, -0.2) is 0 Å².